The molecule has 2 nitrogen and oxygen atoms in total. The summed E-state index contributed by atoms with van der Waals surface area (Å²) in [5.74, 6) is 1.82. The Morgan fingerprint density at radius 2 is 1.90 bits per heavy atom. The van der Waals surface area contributed by atoms with Gasteiger partial charge < -0.3 is 5.73 Å². The molecule has 5 rings (SSSR count). The van der Waals surface area contributed by atoms with E-state index in [0.29, 0.717) is 21.9 Å². The second-order valence-corrected chi connectivity index (χ2v) is 8.52. The predicted octanol–water partition coefficient (Wildman–Crippen LogP) is 4.71. The largest absolute Gasteiger partial charge is 0.398 e. The number of hydrogen-bond acceptors (Lipinski definition) is 2. The number of Topliss-reactive ketones (excluding diaryl/α,β-unsaturated/α-hetero) is 1. The topological polar surface area (TPSA) is 43.1 Å². The van der Waals surface area contributed by atoms with Gasteiger partial charge in [0.25, 0.3) is 0 Å². The first kappa shape index (κ1) is 13.6. The lowest BCUT2D eigenvalue weighted by atomic mass is 9.43. The molecule has 0 radical (unpaired) electrons. The zero-order valence-electron chi connectivity index (χ0n) is 12.5. The maximum absolute atomic E-state index is 13.2. The molecule has 4 fully saturated rings. The Labute approximate surface area is 131 Å². The zero-order valence-corrected chi connectivity index (χ0v) is 13.2. The van der Waals surface area contributed by atoms with Crippen LogP contribution in [0.4, 0.5) is 5.69 Å². The molecule has 4 saturated carbocycles. The molecule has 1 aromatic rings. The highest BCUT2D eigenvalue weighted by Gasteiger charge is 2.58. The summed E-state index contributed by atoms with van der Waals surface area (Å²) < 4.78 is 0. The fraction of sp³-hybridized carbons (Fsp3) is 0.611. The number of benzene rings is 1. The van der Waals surface area contributed by atoms with Gasteiger partial charge >= 0.3 is 0 Å². The van der Waals surface area contributed by atoms with Gasteiger partial charge in [-0.3, -0.25) is 4.79 Å². The number of carbonyl (C=O) groups excluding carboxylic acids is 1. The molecular weight excluding hydrogens is 282 g/mol. The van der Waals surface area contributed by atoms with Crippen molar-refractivity contribution in [3.05, 3.63) is 28.8 Å². The SMILES string of the molecule is CC12CC3CC(C1)CC(C(=O)c1ccc(N)c(Cl)c1)(C3)C2. The second kappa shape index (κ2) is 4.25. The number of anilines is 1. The number of ketones is 1. The fourth-order valence-electron chi connectivity index (χ4n) is 5.96. The van der Waals surface area contributed by atoms with Crippen molar-refractivity contribution in [2.45, 2.75) is 45.4 Å². The van der Waals surface area contributed by atoms with E-state index in [1.165, 1.54) is 19.3 Å². The van der Waals surface area contributed by atoms with Gasteiger partial charge in [-0.25, -0.2) is 0 Å². The van der Waals surface area contributed by atoms with Gasteiger partial charge in [0.05, 0.1) is 10.7 Å². The first-order valence-electron chi connectivity index (χ1n) is 7.99. The highest BCUT2D eigenvalue weighted by Crippen LogP contribution is 2.65. The van der Waals surface area contributed by atoms with E-state index in [2.05, 4.69) is 6.92 Å². The van der Waals surface area contributed by atoms with Crippen LogP contribution in [0, 0.1) is 22.7 Å². The van der Waals surface area contributed by atoms with E-state index < -0.39 is 0 Å². The van der Waals surface area contributed by atoms with Crippen LogP contribution in [0.15, 0.2) is 18.2 Å². The smallest absolute Gasteiger partial charge is 0.169 e. The van der Waals surface area contributed by atoms with Gasteiger partial charge in [-0.15, -0.1) is 0 Å². The van der Waals surface area contributed by atoms with Gasteiger partial charge in [0.2, 0.25) is 0 Å². The Morgan fingerprint density at radius 1 is 1.24 bits per heavy atom. The van der Waals surface area contributed by atoms with Crippen molar-refractivity contribution in [3.63, 3.8) is 0 Å². The third-order valence-electron chi connectivity index (χ3n) is 6.10. The molecule has 0 aliphatic heterocycles. The third-order valence-corrected chi connectivity index (χ3v) is 6.43. The average molecular weight is 304 g/mol. The van der Waals surface area contributed by atoms with E-state index >= 15 is 0 Å². The molecule has 0 amide bonds. The molecule has 112 valence electrons. The van der Waals surface area contributed by atoms with E-state index in [-0.39, 0.29) is 5.41 Å². The lowest BCUT2D eigenvalue weighted by Gasteiger charge is -2.60. The number of rotatable bonds is 2. The van der Waals surface area contributed by atoms with E-state index in [9.17, 15) is 4.79 Å². The van der Waals surface area contributed by atoms with Crippen LogP contribution in [-0.2, 0) is 0 Å². The Kier molecular flexibility index (Phi) is 2.76. The van der Waals surface area contributed by atoms with Gasteiger partial charge in [0, 0.05) is 11.0 Å². The molecule has 0 aromatic heterocycles. The summed E-state index contributed by atoms with van der Waals surface area (Å²) in [6, 6.07) is 5.38. The monoisotopic (exact) mass is 303 g/mol. The normalized spacial score (nSPS) is 40.5. The molecule has 2 unspecified atom stereocenters. The summed E-state index contributed by atoms with van der Waals surface area (Å²) in [6.07, 6.45) is 7.21. The average Bonchev–Trinajstić information content (AvgIpc) is 2.38. The van der Waals surface area contributed by atoms with Crippen LogP contribution >= 0.6 is 11.6 Å². The van der Waals surface area contributed by atoms with Crippen LogP contribution in [-0.4, -0.2) is 5.78 Å². The number of nitrogen functional groups attached to an aromatic ring is 1. The molecule has 0 saturated heterocycles. The van der Waals surface area contributed by atoms with Crippen molar-refractivity contribution in [1.29, 1.82) is 0 Å². The van der Waals surface area contributed by atoms with Crippen LogP contribution in [0.5, 0.6) is 0 Å². The van der Waals surface area contributed by atoms with Crippen LogP contribution < -0.4 is 5.73 Å². The summed E-state index contributed by atoms with van der Waals surface area (Å²) in [6.45, 7) is 2.39. The van der Waals surface area contributed by atoms with E-state index in [0.717, 1.165) is 36.7 Å². The highest BCUT2D eigenvalue weighted by molar-refractivity contribution is 6.33. The summed E-state index contributed by atoms with van der Waals surface area (Å²) in [4.78, 5) is 13.2. The Morgan fingerprint density at radius 3 is 2.48 bits per heavy atom. The van der Waals surface area contributed by atoms with Crippen LogP contribution in [0.25, 0.3) is 0 Å². The molecule has 4 aliphatic carbocycles. The van der Waals surface area contributed by atoms with Crippen molar-refractivity contribution in [1.82, 2.24) is 0 Å². The molecule has 1 aromatic carbocycles. The van der Waals surface area contributed by atoms with E-state index in [1.807, 2.05) is 6.07 Å². The summed E-state index contributed by atoms with van der Waals surface area (Å²) in [5, 5.41) is 0.497. The summed E-state index contributed by atoms with van der Waals surface area (Å²) in [5.41, 5.74) is 7.33. The van der Waals surface area contributed by atoms with Crippen molar-refractivity contribution in [3.8, 4) is 0 Å². The van der Waals surface area contributed by atoms with Crippen LogP contribution in [0.3, 0.4) is 0 Å². The van der Waals surface area contributed by atoms with Crippen molar-refractivity contribution in [2.24, 2.45) is 22.7 Å². The van der Waals surface area contributed by atoms with E-state index in [1.54, 1.807) is 12.1 Å². The molecule has 21 heavy (non-hydrogen) atoms. The molecule has 2 N–H and O–H groups in total. The first-order chi connectivity index (χ1) is 9.89. The molecule has 4 bridgehead atoms. The Balaban J connectivity index is 1.72. The molecular formula is C18H22ClNO. The highest BCUT2D eigenvalue weighted by atomic mass is 35.5. The minimum absolute atomic E-state index is 0.127. The van der Waals surface area contributed by atoms with Gasteiger partial charge in [-0.05, 0) is 74.0 Å². The predicted molar refractivity (Wildman–Crippen MR) is 85.4 cm³/mol. The minimum atomic E-state index is -0.127. The van der Waals surface area contributed by atoms with Crippen molar-refractivity contribution >= 4 is 23.1 Å². The lowest BCUT2D eigenvalue weighted by Crippen LogP contribution is -2.54. The minimum Gasteiger partial charge on any atom is -0.398 e. The number of hydrogen-bond donors (Lipinski definition) is 1. The molecule has 2 atom stereocenters. The van der Waals surface area contributed by atoms with Crippen molar-refractivity contribution in [2.75, 3.05) is 5.73 Å². The zero-order chi connectivity index (χ0) is 14.8. The van der Waals surface area contributed by atoms with Gasteiger partial charge in [-0.1, -0.05) is 18.5 Å². The van der Waals surface area contributed by atoms with Crippen LogP contribution in [0.2, 0.25) is 5.02 Å². The molecule has 0 spiro atoms. The number of carbonyl (C=O) groups is 1. The van der Waals surface area contributed by atoms with Gasteiger partial charge in [0.15, 0.2) is 5.78 Å². The maximum atomic E-state index is 13.2. The summed E-state index contributed by atoms with van der Waals surface area (Å²) >= 11 is 6.12. The molecule has 3 heteroatoms. The molecule has 0 heterocycles. The fourth-order valence-corrected chi connectivity index (χ4v) is 6.14. The summed E-state index contributed by atoms with van der Waals surface area (Å²) in [7, 11) is 0. The maximum Gasteiger partial charge on any atom is 0.169 e. The van der Waals surface area contributed by atoms with Gasteiger partial charge in [0.1, 0.15) is 0 Å². The van der Waals surface area contributed by atoms with E-state index in [4.69, 9.17) is 17.3 Å². The Hall–Kier alpha value is -1.02. The van der Waals surface area contributed by atoms with Gasteiger partial charge in [-0.2, -0.15) is 0 Å². The quantitative estimate of drug-likeness (QED) is 0.635. The second-order valence-electron chi connectivity index (χ2n) is 8.12. The Bertz CT molecular complexity index is 610. The number of halogens is 1. The standard InChI is InChI=1S/C18H22ClNO/c1-17-6-11-4-12(7-17)9-18(8-11,10-17)16(21)13-2-3-15(20)14(19)5-13/h2-3,5,11-12H,4,6-10,20H2,1H3. The lowest BCUT2D eigenvalue weighted by molar-refractivity contribution is -0.0820. The van der Waals surface area contributed by atoms with Crippen molar-refractivity contribution < 1.29 is 4.79 Å². The number of nitrogens with two attached hydrogens (primary N) is 1. The molecule has 4 aliphatic rings. The first-order valence-corrected chi connectivity index (χ1v) is 8.37. The third kappa shape index (κ3) is 2.03. The van der Waals surface area contributed by atoms with Crippen LogP contribution in [0.1, 0.15) is 55.8 Å².